The van der Waals surface area contributed by atoms with Gasteiger partial charge in [0.05, 0.1) is 0 Å². The van der Waals surface area contributed by atoms with Crippen LogP contribution in [-0.2, 0) is 12.8 Å². The van der Waals surface area contributed by atoms with E-state index >= 15 is 0 Å². The van der Waals surface area contributed by atoms with E-state index in [0.717, 1.165) is 56.8 Å². The summed E-state index contributed by atoms with van der Waals surface area (Å²) in [5.41, 5.74) is 5.51. The minimum atomic E-state index is 0.0321. The molecule has 1 aliphatic carbocycles. The molecule has 0 bridgehead atoms. The van der Waals surface area contributed by atoms with Gasteiger partial charge in [-0.05, 0) is 49.8 Å². The minimum absolute atomic E-state index is 0.0321. The molecular weight excluding hydrogens is 326 g/mol. The van der Waals surface area contributed by atoms with E-state index in [1.54, 1.807) is 0 Å². The molecule has 4 rings (SSSR count). The Bertz CT molecular complexity index is 819. The van der Waals surface area contributed by atoms with E-state index in [0.29, 0.717) is 11.6 Å². The molecule has 1 aliphatic heterocycles. The number of aromatic nitrogens is 1. The maximum absolute atomic E-state index is 13.0. The van der Waals surface area contributed by atoms with Gasteiger partial charge in [0, 0.05) is 43.9 Å². The van der Waals surface area contributed by atoms with Gasteiger partial charge < -0.3 is 14.3 Å². The molecule has 2 aromatic rings. The highest BCUT2D eigenvalue weighted by atomic mass is 16.5. The zero-order valence-corrected chi connectivity index (χ0v) is 15.9. The Kier molecular flexibility index (Phi) is 4.47. The number of benzene rings is 1. The predicted octanol–water partition coefficient (Wildman–Crippen LogP) is 3.38. The van der Waals surface area contributed by atoms with Crippen molar-refractivity contribution < 1.29 is 9.32 Å². The monoisotopic (exact) mass is 353 g/mol. The third-order valence-electron chi connectivity index (χ3n) is 5.97. The first kappa shape index (κ1) is 17.1. The lowest BCUT2D eigenvalue weighted by atomic mass is 9.88. The number of piperazine rings is 1. The maximum Gasteiger partial charge on any atom is 0.276 e. The molecule has 2 aliphatic rings. The summed E-state index contributed by atoms with van der Waals surface area (Å²) in [5, 5.41) is 4.13. The van der Waals surface area contributed by atoms with E-state index < -0.39 is 0 Å². The van der Waals surface area contributed by atoms with Crippen LogP contribution in [0, 0.1) is 19.8 Å². The van der Waals surface area contributed by atoms with Gasteiger partial charge in [-0.1, -0.05) is 24.2 Å². The van der Waals surface area contributed by atoms with Crippen LogP contribution in [0.3, 0.4) is 0 Å². The molecule has 26 heavy (non-hydrogen) atoms. The summed E-state index contributed by atoms with van der Waals surface area (Å²) in [6.45, 7) is 9.71. The number of anilines is 1. The Balaban J connectivity index is 1.46. The number of hydrogen-bond acceptors (Lipinski definition) is 4. The van der Waals surface area contributed by atoms with Crippen molar-refractivity contribution in [3.63, 3.8) is 0 Å². The first-order chi connectivity index (χ1) is 12.5. The molecule has 2 heterocycles. The van der Waals surface area contributed by atoms with E-state index in [-0.39, 0.29) is 5.91 Å². The molecule has 5 nitrogen and oxygen atoms in total. The van der Waals surface area contributed by atoms with Crippen LogP contribution in [0.5, 0.6) is 0 Å². The summed E-state index contributed by atoms with van der Waals surface area (Å²) >= 11 is 0. The molecule has 0 N–H and O–H groups in total. The molecular formula is C21H27N3O2. The van der Waals surface area contributed by atoms with Gasteiger partial charge in [0.25, 0.3) is 5.91 Å². The zero-order valence-electron chi connectivity index (χ0n) is 15.9. The second kappa shape index (κ2) is 6.78. The van der Waals surface area contributed by atoms with Crippen molar-refractivity contribution in [1.29, 1.82) is 0 Å². The number of carbonyl (C=O) groups is 1. The van der Waals surface area contributed by atoms with Gasteiger partial charge in [-0.2, -0.15) is 0 Å². The van der Waals surface area contributed by atoms with Crippen LogP contribution in [-0.4, -0.2) is 42.1 Å². The van der Waals surface area contributed by atoms with E-state index in [2.05, 4.69) is 49.0 Å². The third kappa shape index (κ3) is 3.00. The van der Waals surface area contributed by atoms with Crippen LogP contribution in [0.2, 0.25) is 0 Å². The second-order valence-electron chi connectivity index (χ2n) is 7.78. The Morgan fingerprint density at radius 3 is 2.73 bits per heavy atom. The van der Waals surface area contributed by atoms with Crippen LogP contribution in [0.1, 0.15) is 46.3 Å². The van der Waals surface area contributed by atoms with Crippen LogP contribution in [0.25, 0.3) is 0 Å². The molecule has 0 radical (unpaired) electrons. The van der Waals surface area contributed by atoms with Crippen molar-refractivity contribution >= 4 is 11.6 Å². The Hall–Kier alpha value is -2.30. The first-order valence-electron chi connectivity index (χ1n) is 9.62. The van der Waals surface area contributed by atoms with Crippen LogP contribution >= 0.6 is 0 Å². The highest BCUT2D eigenvalue weighted by Gasteiger charge is 2.31. The number of aryl methyl sites for hydroxylation is 2. The van der Waals surface area contributed by atoms with Crippen molar-refractivity contribution in [1.82, 2.24) is 10.1 Å². The topological polar surface area (TPSA) is 49.6 Å². The van der Waals surface area contributed by atoms with Crippen molar-refractivity contribution in [3.05, 3.63) is 46.3 Å². The normalized spacial score (nSPS) is 20.2. The number of nitrogens with zero attached hydrogens (tertiary/aromatic N) is 3. The van der Waals surface area contributed by atoms with Crippen LogP contribution < -0.4 is 4.90 Å². The third-order valence-corrected chi connectivity index (χ3v) is 5.97. The maximum atomic E-state index is 13.0. The van der Waals surface area contributed by atoms with E-state index in [4.69, 9.17) is 4.52 Å². The molecule has 1 aromatic heterocycles. The van der Waals surface area contributed by atoms with Gasteiger partial charge in [-0.3, -0.25) is 4.79 Å². The molecule has 1 fully saturated rings. The lowest BCUT2D eigenvalue weighted by Crippen LogP contribution is -2.49. The Morgan fingerprint density at radius 2 is 1.96 bits per heavy atom. The molecule has 0 saturated carbocycles. The SMILES string of the molecule is Cc1cccc(N2CCN(C(=O)c3noc4c3C[C@H](C)CC4)CC2)c1C. The Labute approximate surface area is 155 Å². The highest BCUT2D eigenvalue weighted by Crippen LogP contribution is 2.29. The molecule has 1 saturated heterocycles. The number of hydrogen-bond donors (Lipinski definition) is 0. The number of rotatable bonds is 2. The molecule has 0 spiro atoms. The Morgan fingerprint density at radius 1 is 1.19 bits per heavy atom. The van der Waals surface area contributed by atoms with Crippen molar-refractivity contribution in [3.8, 4) is 0 Å². The first-order valence-corrected chi connectivity index (χ1v) is 9.62. The standard InChI is InChI=1S/C21H27N3O2/c1-14-7-8-19-17(13-14)20(22-26-19)21(25)24-11-9-23(10-12-24)18-6-4-5-15(2)16(18)3/h4-6,14H,7-13H2,1-3H3/t14-/m1/s1. The fourth-order valence-corrected chi connectivity index (χ4v) is 4.12. The molecule has 1 atom stereocenters. The fourth-order valence-electron chi connectivity index (χ4n) is 4.12. The largest absolute Gasteiger partial charge is 0.368 e. The van der Waals surface area contributed by atoms with Crippen molar-refractivity contribution in [2.75, 3.05) is 31.1 Å². The van der Waals surface area contributed by atoms with Gasteiger partial charge in [-0.25, -0.2) is 0 Å². The van der Waals surface area contributed by atoms with Gasteiger partial charge in [0.1, 0.15) is 5.76 Å². The average Bonchev–Trinajstić information content (AvgIpc) is 3.06. The molecule has 0 unspecified atom stereocenters. The highest BCUT2D eigenvalue weighted by molar-refractivity contribution is 5.94. The molecule has 5 heteroatoms. The lowest BCUT2D eigenvalue weighted by Gasteiger charge is -2.37. The molecule has 1 aromatic carbocycles. The van der Waals surface area contributed by atoms with Crippen molar-refractivity contribution in [2.45, 2.75) is 40.0 Å². The van der Waals surface area contributed by atoms with Crippen LogP contribution in [0.15, 0.2) is 22.7 Å². The number of amides is 1. The zero-order chi connectivity index (χ0) is 18.3. The van der Waals surface area contributed by atoms with Gasteiger partial charge in [0.2, 0.25) is 0 Å². The van der Waals surface area contributed by atoms with Crippen LogP contribution in [0.4, 0.5) is 5.69 Å². The van der Waals surface area contributed by atoms with Crippen molar-refractivity contribution in [2.24, 2.45) is 5.92 Å². The minimum Gasteiger partial charge on any atom is -0.368 e. The summed E-state index contributed by atoms with van der Waals surface area (Å²) in [6.07, 6.45) is 2.92. The number of fused-ring (bicyclic) bond motifs is 1. The molecule has 1 amide bonds. The summed E-state index contributed by atoms with van der Waals surface area (Å²) in [6, 6.07) is 6.43. The molecule has 138 valence electrons. The quantitative estimate of drug-likeness (QED) is 0.830. The van der Waals surface area contributed by atoms with Gasteiger partial charge >= 0.3 is 0 Å². The van der Waals surface area contributed by atoms with E-state index in [9.17, 15) is 4.79 Å². The summed E-state index contributed by atoms with van der Waals surface area (Å²) in [5.74, 6) is 1.54. The van der Waals surface area contributed by atoms with E-state index in [1.807, 2.05) is 4.90 Å². The predicted molar refractivity (Wildman–Crippen MR) is 102 cm³/mol. The lowest BCUT2D eigenvalue weighted by molar-refractivity contribution is 0.0735. The summed E-state index contributed by atoms with van der Waals surface area (Å²) < 4.78 is 5.46. The van der Waals surface area contributed by atoms with E-state index in [1.165, 1.54) is 16.8 Å². The second-order valence-corrected chi connectivity index (χ2v) is 7.78. The average molecular weight is 353 g/mol. The smallest absolute Gasteiger partial charge is 0.276 e. The summed E-state index contributed by atoms with van der Waals surface area (Å²) in [4.78, 5) is 17.3. The summed E-state index contributed by atoms with van der Waals surface area (Å²) in [7, 11) is 0. The van der Waals surface area contributed by atoms with Gasteiger partial charge in [-0.15, -0.1) is 0 Å². The number of carbonyl (C=O) groups excluding carboxylic acids is 1. The van der Waals surface area contributed by atoms with Gasteiger partial charge in [0.15, 0.2) is 5.69 Å². The fraction of sp³-hybridized carbons (Fsp3) is 0.524.